The lowest BCUT2D eigenvalue weighted by Crippen LogP contribution is -2.06. The second-order valence-electron chi connectivity index (χ2n) is 5.15. The highest BCUT2D eigenvalue weighted by atomic mass is 79.9. The van der Waals surface area contributed by atoms with Gasteiger partial charge in [0.15, 0.2) is 0 Å². The first-order valence-electron chi connectivity index (χ1n) is 7.19. The standard InChI is InChI=1S/C16H22BrN3/c1-4-6-14-19-15(16(18)20(14)9-5-2)12-8-7-11(3)10-13(12)17/h7-8,10H,4-6,9,18H2,1-3H3. The molecule has 0 aliphatic carbocycles. The summed E-state index contributed by atoms with van der Waals surface area (Å²) in [5, 5.41) is 0. The van der Waals surface area contributed by atoms with Crippen LogP contribution in [0, 0.1) is 6.92 Å². The first-order chi connectivity index (χ1) is 9.58. The van der Waals surface area contributed by atoms with Crippen molar-refractivity contribution < 1.29 is 0 Å². The van der Waals surface area contributed by atoms with Crippen LogP contribution in [-0.4, -0.2) is 9.55 Å². The van der Waals surface area contributed by atoms with Crippen molar-refractivity contribution in [2.45, 2.75) is 46.6 Å². The third kappa shape index (κ3) is 2.90. The highest BCUT2D eigenvalue weighted by molar-refractivity contribution is 9.10. The Balaban J connectivity index is 2.53. The van der Waals surface area contributed by atoms with Gasteiger partial charge >= 0.3 is 0 Å². The number of nitrogens with zero attached hydrogens (tertiary/aromatic N) is 2. The van der Waals surface area contributed by atoms with Crippen molar-refractivity contribution >= 4 is 21.7 Å². The Kier molecular flexibility index (Phi) is 4.86. The summed E-state index contributed by atoms with van der Waals surface area (Å²) < 4.78 is 3.21. The van der Waals surface area contributed by atoms with Crippen molar-refractivity contribution in [3.63, 3.8) is 0 Å². The lowest BCUT2D eigenvalue weighted by Gasteiger charge is -2.08. The number of halogens is 1. The van der Waals surface area contributed by atoms with E-state index in [9.17, 15) is 0 Å². The van der Waals surface area contributed by atoms with Crippen molar-refractivity contribution in [2.75, 3.05) is 5.73 Å². The molecule has 0 spiro atoms. The van der Waals surface area contributed by atoms with Crippen LogP contribution in [0.4, 0.5) is 5.82 Å². The van der Waals surface area contributed by atoms with Gasteiger partial charge in [-0.15, -0.1) is 0 Å². The van der Waals surface area contributed by atoms with Crippen molar-refractivity contribution in [3.8, 4) is 11.3 Å². The summed E-state index contributed by atoms with van der Waals surface area (Å²) >= 11 is 3.62. The highest BCUT2D eigenvalue weighted by Gasteiger charge is 2.17. The maximum atomic E-state index is 6.34. The van der Waals surface area contributed by atoms with Gasteiger partial charge in [-0.25, -0.2) is 4.98 Å². The molecule has 1 heterocycles. The smallest absolute Gasteiger partial charge is 0.131 e. The molecule has 2 N–H and O–H groups in total. The van der Waals surface area contributed by atoms with Crippen LogP contribution in [0.3, 0.4) is 0 Å². The second kappa shape index (κ2) is 6.44. The molecule has 0 aliphatic rings. The molecule has 2 rings (SSSR count). The number of hydrogen-bond donors (Lipinski definition) is 1. The molecule has 1 aromatic heterocycles. The van der Waals surface area contributed by atoms with Gasteiger partial charge in [-0.3, -0.25) is 0 Å². The monoisotopic (exact) mass is 335 g/mol. The average molecular weight is 336 g/mol. The van der Waals surface area contributed by atoms with Crippen molar-refractivity contribution in [1.29, 1.82) is 0 Å². The van der Waals surface area contributed by atoms with E-state index in [4.69, 9.17) is 10.7 Å². The van der Waals surface area contributed by atoms with E-state index in [1.54, 1.807) is 0 Å². The fraction of sp³-hybridized carbons (Fsp3) is 0.438. The van der Waals surface area contributed by atoms with E-state index in [-0.39, 0.29) is 0 Å². The fourth-order valence-corrected chi connectivity index (χ4v) is 3.09. The van der Waals surface area contributed by atoms with Gasteiger partial charge in [-0.1, -0.05) is 41.9 Å². The molecule has 0 saturated carbocycles. The summed E-state index contributed by atoms with van der Waals surface area (Å²) in [5.41, 5.74) is 9.53. The van der Waals surface area contributed by atoms with Crippen LogP contribution in [0.1, 0.15) is 38.1 Å². The Labute approximate surface area is 129 Å². The van der Waals surface area contributed by atoms with Crippen LogP contribution in [0.25, 0.3) is 11.3 Å². The van der Waals surface area contributed by atoms with Crippen LogP contribution in [0.5, 0.6) is 0 Å². The quantitative estimate of drug-likeness (QED) is 0.869. The molecule has 108 valence electrons. The second-order valence-corrected chi connectivity index (χ2v) is 6.00. The molecule has 20 heavy (non-hydrogen) atoms. The minimum absolute atomic E-state index is 0.778. The van der Waals surface area contributed by atoms with E-state index in [1.165, 1.54) is 5.56 Å². The number of nitrogens with two attached hydrogens (primary N) is 1. The summed E-state index contributed by atoms with van der Waals surface area (Å²) in [6.07, 6.45) is 3.11. The van der Waals surface area contributed by atoms with Crippen LogP contribution in [0.2, 0.25) is 0 Å². The molecule has 2 aromatic rings. The summed E-state index contributed by atoms with van der Waals surface area (Å²) in [7, 11) is 0. The molecule has 3 nitrogen and oxygen atoms in total. The fourth-order valence-electron chi connectivity index (χ4n) is 2.41. The van der Waals surface area contributed by atoms with E-state index in [0.29, 0.717) is 0 Å². The summed E-state index contributed by atoms with van der Waals surface area (Å²) in [6, 6.07) is 6.29. The molecule has 1 aromatic carbocycles. The topological polar surface area (TPSA) is 43.8 Å². The van der Waals surface area contributed by atoms with Gasteiger partial charge in [0.25, 0.3) is 0 Å². The van der Waals surface area contributed by atoms with Gasteiger partial charge in [-0.05, 0) is 31.4 Å². The number of aryl methyl sites for hydroxylation is 2. The Morgan fingerprint density at radius 1 is 1.25 bits per heavy atom. The van der Waals surface area contributed by atoms with Crippen LogP contribution in [-0.2, 0) is 13.0 Å². The van der Waals surface area contributed by atoms with Gasteiger partial charge in [0.1, 0.15) is 17.3 Å². The molecular formula is C16H22BrN3. The Hall–Kier alpha value is -1.29. The SMILES string of the molecule is CCCc1nc(-c2ccc(C)cc2Br)c(N)n1CCC. The predicted molar refractivity (Wildman–Crippen MR) is 88.8 cm³/mol. The lowest BCUT2D eigenvalue weighted by molar-refractivity contribution is 0.637. The largest absolute Gasteiger partial charge is 0.383 e. The number of hydrogen-bond acceptors (Lipinski definition) is 2. The zero-order valence-corrected chi connectivity index (χ0v) is 14.0. The maximum Gasteiger partial charge on any atom is 0.131 e. The van der Waals surface area contributed by atoms with Crippen molar-refractivity contribution in [1.82, 2.24) is 9.55 Å². The first kappa shape index (κ1) is 15.1. The van der Waals surface area contributed by atoms with E-state index < -0.39 is 0 Å². The zero-order valence-electron chi connectivity index (χ0n) is 12.4. The summed E-state index contributed by atoms with van der Waals surface area (Å²) in [5.74, 6) is 1.87. The van der Waals surface area contributed by atoms with Crippen molar-refractivity contribution in [3.05, 3.63) is 34.1 Å². The molecule has 0 unspecified atom stereocenters. The number of anilines is 1. The summed E-state index contributed by atoms with van der Waals surface area (Å²) in [6.45, 7) is 7.34. The maximum absolute atomic E-state index is 6.34. The minimum atomic E-state index is 0.778. The number of nitrogen functional groups attached to an aromatic ring is 1. The van der Waals surface area contributed by atoms with Gasteiger partial charge in [0.05, 0.1) is 0 Å². The molecule has 0 amide bonds. The Bertz CT molecular complexity index is 602. The minimum Gasteiger partial charge on any atom is -0.383 e. The first-order valence-corrected chi connectivity index (χ1v) is 7.99. The summed E-state index contributed by atoms with van der Waals surface area (Å²) in [4.78, 5) is 4.79. The predicted octanol–water partition coefficient (Wildman–Crippen LogP) is 4.57. The van der Waals surface area contributed by atoms with E-state index in [2.05, 4.69) is 59.5 Å². The normalized spacial score (nSPS) is 11.0. The van der Waals surface area contributed by atoms with Gasteiger partial charge in [0, 0.05) is 23.0 Å². The van der Waals surface area contributed by atoms with Crippen LogP contribution < -0.4 is 5.73 Å². The molecule has 0 fully saturated rings. The highest BCUT2D eigenvalue weighted by Crippen LogP contribution is 2.33. The van der Waals surface area contributed by atoms with Crippen LogP contribution >= 0.6 is 15.9 Å². The van der Waals surface area contributed by atoms with Crippen LogP contribution in [0.15, 0.2) is 22.7 Å². The number of imidazole rings is 1. The zero-order chi connectivity index (χ0) is 14.7. The number of rotatable bonds is 5. The van der Waals surface area contributed by atoms with Gasteiger partial charge in [0.2, 0.25) is 0 Å². The van der Waals surface area contributed by atoms with E-state index in [0.717, 1.165) is 53.2 Å². The molecule has 4 heteroatoms. The molecule has 0 bridgehead atoms. The third-order valence-electron chi connectivity index (χ3n) is 3.39. The Morgan fingerprint density at radius 3 is 2.60 bits per heavy atom. The Morgan fingerprint density at radius 2 is 2.00 bits per heavy atom. The number of benzene rings is 1. The van der Waals surface area contributed by atoms with Gasteiger partial charge in [-0.2, -0.15) is 0 Å². The average Bonchev–Trinajstić information content (AvgIpc) is 2.69. The molecule has 0 radical (unpaired) electrons. The number of aromatic nitrogens is 2. The van der Waals surface area contributed by atoms with E-state index in [1.807, 2.05) is 0 Å². The van der Waals surface area contributed by atoms with E-state index >= 15 is 0 Å². The van der Waals surface area contributed by atoms with Crippen molar-refractivity contribution in [2.24, 2.45) is 0 Å². The lowest BCUT2D eigenvalue weighted by atomic mass is 10.1. The third-order valence-corrected chi connectivity index (χ3v) is 4.04. The molecular weight excluding hydrogens is 314 g/mol. The molecule has 0 saturated heterocycles. The molecule has 0 atom stereocenters. The molecule has 0 aliphatic heterocycles. The van der Waals surface area contributed by atoms with Gasteiger partial charge < -0.3 is 10.3 Å².